The van der Waals surface area contributed by atoms with Crippen molar-refractivity contribution in [3.05, 3.63) is 29.5 Å². The quantitative estimate of drug-likeness (QED) is 0.552. The average molecular weight is 386 g/mol. The summed E-state index contributed by atoms with van der Waals surface area (Å²) in [4.78, 5) is 11.4. The van der Waals surface area contributed by atoms with E-state index in [9.17, 15) is 49.5 Å². The second-order valence-electron chi connectivity index (χ2n) is 4.58. The van der Waals surface area contributed by atoms with Crippen molar-refractivity contribution in [3.63, 3.8) is 0 Å². The molecule has 0 aromatic heterocycles. The van der Waals surface area contributed by atoms with Crippen molar-refractivity contribution in [3.8, 4) is 0 Å². The van der Waals surface area contributed by atoms with Crippen molar-refractivity contribution < 1.29 is 54.7 Å². The summed E-state index contributed by atoms with van der Waals surface area (Å²) >= 11 is 0. The van der Waals surface area contributed by atoms with Gasteiger partial charge in [-0.25, -0.2) is 5.21 Å². The zero-order valence-corrected chi connectivity index (χ0v) is 11.5. The van der Waals surface area contributed by atoms with Crippen LogP contribution in [0.3, 0.4) is 0 Å². The molecule has 1 unspecified atom stereocenters. The van der Waals surface area contributed by atoms with E-state index in [4.69, 9.17) is 5.21 Å². The van der Waals surface area contributed by atoms with Gasteiger partial charge in [-0.15, -0.1) is 0 Å². The molecular formula is C11H7F9N2O3. The van der Waals surface area contributed by atoms with Gasteiger partial charge in [0.2, 0.25) is 0 Å². The molecular weight excluding hydrogens is 379 g/mol. The van der Waals surface area contributed by atoms with E-state index < -0.39 is 46.5 Å². The van der Waals surface area contributed by atoms with Crippen LogP contribution in [-0.4, -0.2) is 29.6 Å². The second-order valence-corrected chi connectivity index (χ2v) is 4.58. The minimum absolute atomic E-state index is 0.466. The lowest BCUT2D eigenvalue weighted by atomic mass is 9.84. The first-order valence-electron chi connectivity index (χ1n) is 5.90. The van der Waals surface area contributed by atoms with Gasteiger partial charge in [-0.3, -0.25) is 4.79 Å². The van der Waals surface area contributed by atoms with E-state index in [1.807, 2.05) is 0 Å². The van der Waals surface area contributed by atoms with Gasteiger partial charge >= 0.3 is 23.9 Å². The van der Waals surface area contributed by atoms with E-state index in [0.717, 1.165) is 5.32 Å². The van der Waals surface area contributed by atoms with Crippen LogP contribution in [0.1, 0.15) is 0 Å². The van der Waals surface area contributed by atoms with Crippen molar-refractivity contribution in [2.45, 2.75) is 18.5 Å². The van der Waals surface area contributed by atoms with Crippen LogP contribution in [0.5, 0.6) is 0 Å². The summed E-state index contributed by atoms with van der Waals surface area (Å²) in [6.45, 7) is 0. The molecule has 0 spiro atoms. The third-order valence-electron chi connectivity index (χ3n) is 3.01. The second kappa shape index (κ2) is 6.34. The van der Waals surface area contributed by atoms with Crippen LogP contribution in [-0.2, 0) is 4.79 Å². The molecule has 3 N–H and O–H groups in total. The van der Waals surface area contributed by atoms with Gasteiger partial charge < -0.3 is 10.5 Å². The first kappa shape index (κ1) is 21.0. The third kappa shape index (κ3) is 3.64. The van der Waals surface area contributed by atoms with Gasteiger partial charge in [0.25, 0.3) is 5.91 Å². The number of halogens is 9. The van der Waals surface area contributed by atoms with Gasteiger partial charge in [0.05, 0.1) is 0 Å². The van der Waals surface area contributed by atoms with Crippen LogP contribution < -0.4 is 10.5 Å². The van der Waals surface area contributed by atoms with Crippen LogP contribution >= 0.6 is 0 Å². The maximum atomic E-state index is 12.7. The monoisotopic (exact) mass is 386 g/mol. The van der Waals surface area contributed by atoms with Crippen molar-refractivity contribution >= 4 is 17.3 Å². The van der Waals surface area contributed by atoms with E-state index in [1.165, 1.54) is 0 Å². The molecule has 0 aliphatic carbocycles. The number of rotatable bonds is 3. The van der Waals surface area contributed by atoms with Crippen molar-refractivity contribution in [2.24, 2.45) is 5.41 Å². The van der Waals surface area contributed by atoms with Gasteiger partial charge in [0.1, 0.15) is 0 Å². The van der Waals surface area contributed by atoms with Gasteiger partial charge in [-0.1, -0.05) is 0 Å². The third-order valence-corrected chi connectivity index (χ3v) is 3.01. The Bertz CT molecular complexity index is 584. The van der Waals surface area contributed by atoms with Crippen molar-refractivity contribution in [2.75, 3.05) is 5.32 Å². The highest BCUT2D eigenvalue weighted by Crippen LogP contribution is 2.59. The predicted octanol–water partition coefficient (Wildman–Crippen LogP) is 2.70. The van der Waals surface area contributed by atoms with Gasteiger partial charge in [0.15, 0.2) is 5.69 Å². The number of quaternary nitrogens is 1. The maximum absolute atomic E-state index is 12.7. The topological polar surface area (TPSA) is 76.8 Å². The molecule has 0 saturated carbocycles. The molecule has 0 fully saturated rings. The van der Waals surface area contributed by atoms with Crippen LogP contribution in [0, 0.1) is 10.6 Å². The molecule has 0 radical (unpaired) electrons. The summed E-state index contributed by atoms with van der Waals surface area (Å²) in [5.74, 6) is -3.41. The largest absolute Gasteiger partial charge is 0.595 e. The number of carbonyl (C=O) groups excluding carboxylic acids is 1. The normalized spacial score (nSPS) is 15.0. The van der Waals surface area contributed by atoms with Crippen LogP contribution in [0.15, 0.2) is 24.3 Å². The Balaban J connectivity index is 3.39. The van der Waals surface area contributed by atoms with Crippen LogP contribution in [0.4, 0.5) is 50.9 Å². The lowest BCUT2D eigenvalue weighted by molar-refractivity contribution is -0.991. The summed E-state index contributed by atoms with van der Waals surface area (Å²) < 4.78 is 114. The highest BCUT2D eigenvalue weighted by molar-refractivity contribution is 5.97. The minimum atomic E-state index is -7.03. The summed E-state index contributed by atoms with van der Waals surface area (Å²) in [5.41, 5.74) is -8.01. The molecule has 1 aromatic rings. The van der Waals surface area contributed by atoms with E-state index in [1.54, 1.807) is 0 Å². The number of anilines is 1. The van der Waals surface area contributed by atoms with Gasteiger partial charge in [0, 0.05) is 17.8 Å². The molecule has 0 heterocycles. The molecule has 1 aromatic carbocycles. The number of alkyl halides is 9. The van der Waals surface area contributed by atoms with E-state index in [0.29, 0.717) is 24.3 Å². The van der Waals surface area contributed by atoms with E-state index >= 15 is 0 Å². The number of hydrogen-bond donors (Lipinski definition) is 3. The Hall–Kier alpha value is -2.06. The molecule has 1 amide bonds. The molecule has 0 aliphatic heterocycles. The first-order chi connectivity index (χ1) is 11.1. The Labute approximate surface area is 132 Å². The Morgan fingerprint density at radius 3 is 1.52 bits per heavy atom. The highest BCUT2D eigenvalue weighted by atomic mass is 19.4. The van der Waals surface area contributed by atoms with Gasteiger partial charge in [-0.05, 0) is 12.1 Å². The molecule has 25 heavy (non-hydrogen) atoms. The average Bonchev–Trinajstić information content (AvgIpc) is 2.33. The molecule has 14 heteroatoms. The number of nitrogens with one attached hydrogen (secondary N) is 2. The van der Waals surface area contributed by atoms with Crippen molar-refractivity contribution in [1.82, 2.24) is 0 Å². The minimum Gasteiger partial charge on any atom is -0.595 e. The lowest BCUT2D eigenvalue weighted by Crippen LogP contribution is -2.99. The lowest BCUT2D eigenvalue weighted by Gasteiger charge is -2.36. The van der Waals surface area contributed by atoms with Crippen LogP contribution in [0.25, 0.3) is 0 Å². The smallest absolute Gasteiger partial charge is 0.421 e. The number of carbonyl (C=O) groups is 1. The number of hydrogen-bond acceptors (Lipinski definition) is 3. The SMILES string of the molecule is O=C(Nc1ccc([NH+]([O-])O)cc1)C(C(F)(F)F)(C(F)(F)F)C(F)(F)F. The Morgan fingerprint density at radius 1 is 0.880 bits per heavy atom. The standard InChI is InChI=1S/C11H7F9N2O3/c12-9(13,14)8(10(15,16)17,11(18,19)20)7(23)21-5-1-3-6(4-2-5)22(24)25/h1-4,22,24H,(H,21,23). The van der Waals surface area contributed by atoms with Crippen molar-refractivity contribution in [1.29, 1.82) is 0 Å². The molecule has 5 nitrogen and oxygen atoms in total. The predicted molar refractivity (Wildman–Crippen MR) is 61.4 cm³/mol. The summed E-state index contributed by atoms with van der Waals surface area (Å²) in [5, 5.41) is 18.5. The Kier molecular flexibility index (Phi) is 5.33. The molecule has 0 aliphatic rings. The van der Waals surface area contributed by atoms with Crippen LogP contribution in [0.2, 0.25) is 0 Å². The number of amides is 1. The summed E-state index contributed by atoms with van der Waals surface area (Å²) in [6, 6.07) is 2.40. The highest BCUT2D eigenvalue weighted by Gasteiger charge is 2.88. The number of benzene rings is 1. The molecule has 142 valence electrons. The fourth-order valence-corrected chi connectivity index (χ4v) is 1.79. The van der Waals surface area contributed by atoms with Gasteiger partial charge in [-0.2, -0.15) is 44.7 Å². The summed E-state index contributed by atoms with van der Waals surface area (Å²) in [6.07, 6.45) is -21.1. The van der Waals surface area contributed by atoms with E-state index in [2.05, 4.69) is 0 Å². The molecule has 1 atom stereocenters. The fourth-order valence-electron chi connectivity index (χ4n) is 1.79. The first-order valence-corrected chi connectivity index (χ1v) is 5.90. The Morgan fingerprint density at radius 2 is 1.24 bits per heavy atom. The maximum Gasteiger partial charge on any atom is 0.421 e. The van der Waals surface area contributed by atoms with E-state index in [-0.39, 0.29) is 0 Å². The molecule has 1 rings (SSSR count). The summed E-state index contributed by atoms with van der Waals surface area (Å²) in [7, 11) is 0. The molecule has 0 saturated heterocycles. The fraction of sp³-hybridized carbons (Fsp3) is 0.364. The zero-order chi connectivity index (χ0) is 19.8. The zero-order valence-electron chi connectivity index (χ0n) is 11.5. The molecule has 0 bridgehead atoms.